The smallest absolute Gasteiger partial charge is 0.237 e. The molecule has 0 aliphatic rings. The SMILES string of the molecule is CN[C@@H](CCCCN)C(=O)N[C@H](C=O)CC(C)C. The molecule has 5 nitrogen and oxygen atoms in total. The van der Waals surface area contributed by atoms with Gasteiger partial charge < -0.3 is 21.2 Å². The highest BCUT2D eigenvalue weighted by Crippen LogP contribution is 2.05. The lowest BCUT2D eigenvalue weighted by Crippen LogP contribution is -2.47. The van der Waals surface area contributed by atoms with E-state index in [-0.39, 0.29) is 18.0 Å². The molecule has 0 bridgehead atoms. The highest BCUT2D eigenvalue weighted by Gasteiger charge is 2.19. The van der Waals surface area contributed by atoms with Gasteiger partial charge in [0.25, 0.3) is 0 Å². The van der Waals surface area contributed by atoms with Gasteiger partial charge in [0.2, 0.25) is 5.91 Å². The molecular weight excluding hydrogens is 230 g/mol. The van der Waals surface area contributed by atoms with E-state index in [1.54, 1.807) is 7.05 Å². The Morgan fingerprint density at radius 3 is 2.44 bits per heavy atom. The fraction of sp³-hybridized carbons (Fsp3) is 0.846. The van der Waals surface area contributed by atoms with Gasteiger partial charge in [-0.05, 0) is 38.8 Å². The van der Waals surface area contributed by atoms with Gasteiger partial charge >= 0.3 is 0 Å². The van der Waals surface area contributed by atoms with Crippen LogP contribution in [0.3, 0.4) is 0 Å². The van der Waals surface area contributed by atoms with Crippen molar-refractivity contribution >= 4 is 12.2 Å². The third-order valence-corrected chi connectivity index (χ3v) is 2.83. The molecule has 0 aliphatic carbocycles. The summed E-state index contributed by atoms with van der Waals surface area (Å²) >= 11 is 0. The van der Waals surface area contributed by atoms with Crippen molar-refractivity contribution in [3.8, 4) is 0 Å². The molecule has 5 heteroatoms. The molecule has 0 fully saturated rings. The number of carbonyl (C=O) groups excluding carboxylic acids is 2. The minimum atomic E-state index is -0.386. The molecular formula is C13H27N3O2. The highest BCUT2D eigenvalue weighted by molar-refractivity contribution is 5.84. The maximum atomic E-state index is 12.0. The maximum absolute atomic E-state index is 12.0. The lowest BCUT2D eigenvalue weighted by molar-refractivity contribution is -0.126. The van der Waals surface area contributed by atoms with Gasteiger partial charge in [-0.3, -0.25) is 4.79 Å². The molecule has 0 aromatic carbocycles. The minimum Gasteiger partial charge on any atom is -0.345 e. The maximum Gasteiger partial charge on any atom is 0.237 e. The number of unbranched alkanes of at least 4 members (excludes halogenated alkanes) is 1. The van der Waals surface area contributed by atoms with Gasteiger partial charge in [-0.1, -0.05) is 20.3 Å². The molecule has 18 heavy (non-hydrogen) atoms. The summed E-state index contributed by atoms with van der Waals surface area (Å²) in [7, 11) is 1.76. The van der Waals surface area contributed by atoms with Crippen LogP contribution in [0.4, 0.5) is 0 Å². The van der Waals surface area contributed by atoms with Crippen molar-refractivity contribution < 1.29 is 9.59 Å². The third-order valence-electron chi connectivity index (χ3n) is 2.83. The van der Waals surface area contributed by atoms with E-state index >= 15 is 0 Å². The molecule has 0 unspecified atom stereocenters. The van der Waals surface area contributed by atoms with Crippen molar-refractivity contribution in [1.29, 1.82) is 0 Å². The quantitative estimate of drug-likeness (QED) is 0.391. The number of likely N-dealkylation sites (N-methyl/N-ethyl adjacent to an activating group) is 1. The zero-order valence-electron chi connectivity index (χ0n) is 11.7. The summed E-state index contributed by atoms with van der Waals surface area (Å²) < 4.78 is 0. The number of rotatable bonds is 10. The molecule has 4 N–H and O–H groups in total. The Morgan fingerprint density at radius 2 is 2.00 bits per heavy atom. The molecule has 0 aromatic heterocycles. The van der Waals surface area contributed by atoms with E-state index in [0.29, 0.717) is 18.9 Å². The molecule has 2 atom stereocenters. The molecule has 0 aliphatic heterocycles. The highest BCUT2D eigenvalue weighted by atomic mass is 16.2. The van der Waals surface area contributed by atoms with Crippen molar-refractivity contribution in [2.75, 3.05) is 13.6 Å². The second kappa shape index (κ2) is 10.0. The molecule has 0 saturated carbocycles. The fourth-order valence-corrected chi connectivity index (χ4v) is 1.84. The van der Waals surface area contributed by atoms with E-state index < -0.39 is 0 Å². The molecule has 0 rings (SSSR count). The van der Waals surface area contributed by atoms with Gasteiger partial charge in [0.1, 0.15) is 6.29 Å². The number of nitrogens with one attached hydrogen (secondary N) is 2. The van der Waals surface area contributed by atoms with Crippen molar-refractivity contribution in [2.24, 2.45) is 11.7 Å². The first kappa shape index (κ1) is 17.1. The van der Waals surface area contributed by atoms with E-state index in [1.807, 2.05) is 13.8 Å². The average molecular weight is 257 g/mol. The Kier molecular flexibility index (Phi) is 9.50. The molecule has 0 aromatic rings. The first-order valence-corrected chi connectivity index (χ1v) is 6.68. The molecule has 0 spiro atoms. The Balaban J connectivity index is 4.18. The van der Waals surface area contributed by atoms with Gasteiger partial charge in [0, 0.05) is 0 Å². The van der Waals surface area contributed by atoms with Crippen molar-refractivity contribution in [3.63, 3.8) is 0 Å². The van der Waals surface area contributed by atoms with Crippen LogP contribution in [0.5, 0.6) is 0 Å². The summed E-state index contributed by atoms with van der Waals surface area (Å²) in [6.07, 6.45) is 4.05. The number of hydrogen-bond acceptors (Lipinski definition) is 4. The zero-order valence-corrected chi connectivity index (χ0v) is 11.7. The second-order valence-corrected chi connectivity index (χ2v) is 5.01. The summed E-state index contributed by atoms with van der Waals surface area (Å²) in [6.45, 7) is 4.70. The standard InChI is InChI=1S/C13H27N3O2/c1-10(2)8-11(9-17)16-13(18)12(15-3)6-4-5-7-14/h9-12,15H,4-8,14H2,1-3H3,(H,16,18)/t11-,12-/m0/s1. The van der Waals surface area contributed by atoms with Crippen molar-refractivity contribution in [2.45, 2.75) is 51.6 Å². The largest absolute Gasteiger partial charge is 0.345 e. The first-order valence-electron chi connectivity index (χ1n) is 6.68. The van der Waals surface area contributed by atoms with E-state index in [4.69, 9.17) is 5.73 Å². The fourth-order valence-electron chi connectivity index (χ4n) is 1.84. The number of carbonyl (C=O) groups is 2. The van der Waals surface area contributed by atoms with Gasteiger partial charge in [-0.2, -0.15) is 0 Å². The predicted octanol–water partition coefficient (Wildman–Crippen LogP) is 0.433. The molecule has 0 radical (unpaired) electrons. The van der Waals surface area contributed by atoms with E-state index in [2.05, 4.69) is 10.6 Å². The van der Waals surface area contributed by atoms with Crippen LogP contribution in [-0.4, -0.2) is 37.9 Å². The van der Waals surface area contributed by atoms with Crippen LogP contribution in [0.2, 0.25) is 0 Å². The van der Waals surface area contributed by atoms with E-state index in [1.165, 1.54) is 0 Å². The Labute approximate surface area is 110 Å². The molecule has 0 heterocycles. The second-order valence-electron chi connectivity index (χ2n) is 5.01. The van der Waals surface area contributed by atoms with Gasteiger partial charge in [-0.15, -0.1) is 0 Å². The van der Waals surface area contributed by atoms with Crippen molar-refractivity contribution in [3.05, 3.63) is 0 Å². The number of aldehydes is 1. The monoisotopic (exact) mass is 257 g/mol. The lowest BCUT2D eigenvalue weighted by atomic mass is 10.0. The molecule has 1 amide bonds. The van der Waals surface area contributed by atoms with E-state index in [9.17, 15) is 9.59 Å². The topological polar surface area (TPSA) is 84.2 Å². The summed E-state index contributed by atoms with van der Waals surface area (Å²) in [5.41, 5.74) is 5.42. The van der Waals surface area contributed by atoms with Gasteiger partial charge in [0.05, 0.1) is 12.1 Å². The van der Waals surface area contributed by atoms with Crippen molar-refractivity contribution in [1.82, 2.24) is 10.6 Å². The predicted molar refractivity (Wildman–Crippen MR) is 73.2 cm³/mol. The summed E-state index contributed by atoms with van der Waals surface area (Å²) in [5.74, 6) is 0.276. The summed E-state index contributed by atoms with van der Waals surface area (Å²) in [6, 6.07) is -0.631. The zero-order chi connectivity index (χ0) is 14.0. The normalized spacial score (nSPS) is 14.3. The van der Waals surface area contributed by atoms with Crippen LogP contribution in [0, 0.1) is 5.92 Å². The van der Waals surface area contributed by atoms with Crippen LogP contribution >= 0.6 is 0 Å². The third kappa shape index (κ3) is 7.40. The summed E-state index contributed by atoms with van der Waals surface area (Å²) in [4.78, 5) is 22.9. The minimum absolute atomic E-state index is 0.104. The van der Waals surface area contributed by atoms with E-state index in [0.717, 1.165) is 25.5 Å². The average Bonchev–Trinajstić information content (AvgIpc) is 2.33. The number of hydrogen-bond donors (Lipinski definition) is 3. The first-order chi connectivity index (χ1) is 8.54. The summed E-state index contributed by atoms with van der Waals surface area (Å²) in [5, 5.41) is 5.75. The van der Waals surface area contributed by atoms with Crippen LogP contribution in [0.1, 0.15) is 39.5 Å². The molecule has 106 valence electrons. The van der Waals surface area contributed by atoms with Crippen LogP contribution in [-0.2, 0) is 9.59 Å². The lowest BCUT2D eigenvalue weighted by Gasteiger charge is -2.20. The van der Waals surface area contributed by atoms with Crippen LogP contribution < -0.4 is 16.4 Å². The number of nitrogens with two attached hydrogens (primary N) is 1. The Hall–Kier alpha value is -0.940. The van der Waals surface area contributed by atoms with Crippen LogP contribution in [0.15, 0.2) is 0 Å². The Morgan fingerprint density at radius 1 is 1.33 bits per heavy atom. The number of amides is 1. The van der Waals surface area contributed by atoms with Gasteiger partial charge in [0.15, 0.2) is 0 Å². The van der Waals surface area contributed by atoms with Crippen LogP contribution in [0.25, 0.3) is 0 Å². The Bertz CT molecular complexity index is 244. The van der Waals surface area contributed by atoms with Gasteiger partial charge in [-0.25, -0.2) is 0 Å². The molecule has 0 saturated heterocycles.